The van der Waals surface area contributed by atoms with Gasteiger partial charge in [0.15, 0.2) is 5.96 Å². The van der Waals surface area contributed by atoms with Crippen LogP contribution in [0.15, 0.2) is 23.2 Å². The third-order valence-electron chi connectivity index (χ3n) is 5.12. The van der Waals surface area contributed by atoms with Crippen molar-refractivity contribution < 1.29 is 9.84 Å². The monoisotopic (exact) mass is 377 g/mol. The number of benzene rings is 1. The molecule has 0 aromatic heterocycles. The lowest BCUT2D eigenvalue weighted by Crippen LogP contribution is -2.53. The predicted octanol–water partition coefficient (Wildman–Crippen LogP) is 2.37. The van der Waals surface area contributed by atoms with Crippen LogP contribution in [0, 0.1) is 0 Å². The third kappa shape index (κ3) is 4.65. The first-order chi connectivity index (χ1) is 12.6. The molecule has 0 radical (unpaired) electrons. The summed E-state index contributed by atoms with van der Waals surface area (Å²) in [5.74, 6) is 2.86. The predicted molar refractivity (Wildman–Crippen MR) is 109 cm³/mol. The molecular weight excluding hydrogens is 346 g/mol. The maximum Gasteiger partial charge on any atom is 0.191 e. The molecule has 6 heteroatoms. The summed E-state index contributed by atoms with van der Waals surface area (Å²) in [5, 5.41) is 17.7. The van der Waals surface area contributed by atoms with E-state index in [9.17, 15) is 5.11 Å². The van der Waals surface area contributed by atoms with Gasteiger partial charge in [-0.2, -0.15) is 11.8 Å². The van der Waals surface area contributed by atoms with Gasteiger partial charge in [0.25, 0.3) is 0 Å². The number of rotatable bonds is 8. The van der Waals surface area contributed by atoms with Gasteiger partial charge in [-0.3, -0.25) is 4.99 Å². The van der Waals surface area contributed by atoms with Crippen LogP contribution in [-0.4, -0.2) is 53.9 Å². The minimum atomic E-state index is -0.636. The van der Waals surface area contributed by atoms with Gasteiger partial charge in [0.2, 0.25) is 0 Å². The van der Waals surface area contributed by atoms with Gasteiger partial charge in [-0.15, -0.1) is 0 Å². The zero-order valence-electron chi connectivity index (χ0n) is 15.9. The van der Waals surface area contributed by atoms with Crippen LogP contribution in [0.25, 0.3) is 0 Å². The minimum Gasteiger partial charge on any atom is -0.493 e. The molecule has 3 N–H and O–H groups in total. The standard InChI is InChI=1S/C20H31N3O2S/c1-3-21-19(23-14-20(24)10-7-18(20)26-4-2)22-11-8-15-5-6-17-16(13-15)9-12-25-17/h5-6,13,18,24H,3-4,7-12,14H2,1-2H3,(H2,21,22,23). The number of ether oxygens (including phenoxy) is 1. The normalized spacial score (nSPS) is 24.6. The van der Waals surface area contributed by atoms with Gasteiger partial charge >= 0.3 is 0 Å². The second kappa shape index (κ2) is 9.00. The summed E-state index contributed by atoms with van der Waals surface area (Å²) in [5.41, 5.74) is 1.99. The molecule has 1 aliphatic heterocycles. The lowest BCUT2D eigenvalue weighted by atomic mass is 9.79. The van der Waals surface area contributed by atoms with Crippen LogP contribution in [0.4, 0.5) is 0 Å². The second-order valence-electron chi connectivity index (χ2n) is 7.00. The first-order valence-electron chi connectivity index (χ1n) is 9.75. The molecule has 1 fully saturated rings. The molecule has 1 aromatic carbocycles. The largest absolute Gasteiger partial charge is 0.493 e. The summed E-state index contributed by atoms with van der Waals surface area (Å²) in [6.07, 6.45) is 3.90. The van der Waals surface area contributed by atoms with Gasteiger partial charge in [-0.1, -0.05) is 19.1 Å². The van der Waals surface area contributed by atoms with E-state index in [1.54, 1.807) is 0 Å². The van der Waals surface area contributed by atoms with E-state index in [4.69, 9.17) is 4.74 Å². The van der Waals surface area contributed by atoms with E-state index >= 15 is 0 Å². The third-order valence-corrected chi connectivity index (χ3v) is 6.53. The van der Waals surface area contributed by atoms with Gasteiger partial charge in [0, 0.05) is 24.8 Å². The van der Waals surface area contributed by atoms with Crippen molar-refractivity contribution in [3.63, 3.8) is 0 Å². The average molecular weight is 378 g/mol. The van der Waals surface area contributed by atoms with Crippen molar-refractivity contribution in [2.24, 2.45) is 4.99 Å². The van der Waals surface area contributed by atoms with Gasteiger partial charge in [0.05, 0.1) is 18.8 Å². The van der Waals surface area contributed by atoms with E-state index in [2.05, 4.69) is 47.7 Å². The highest BCUT2D eigenvalue weighted by molar-refractivity contribution is 8.00. The van der Waals surface area contributed by atoms with Crippen LogP contribution in [0.1, 0.15) is 37.8 Å². The summed E-state index contributed by atoms with van der Waals surface area (Å²) in [6.45, 7) is 7.10. The van der Waals surface area contributed by atoms with Crippen LogP contribution < -0.4 is 15.4 Å². The van der Waals surface area contributed by atoms with E-state index in [-0.39, 0.29) is 0 Å². The SMILES string of the molecule is CCNC(=NCC1(O)CCC1SCC)NCCc1ccc2c(c1)CCO2. The second-order valence-corrected chi connectivity index (χ2v) is 8.48. The van der Waals surface area contributed by atoms with Crippen molar-refractivity contribution in [1.82, 2.24) is 10.6 Å². The highest BCUT2D eigenvalue weighted by Crippen LogP contribution is 2.41. The number of nitrogens with one attached hydrogen (secondary N) is 2. The Morgan fingerprint density at radius 3 is 3.00 bits per heavy atom. The molecule has 3 rings (SSSR count). The van der Waals surface area contributed by atoms with E-state index < -0.39 is 5.60 Å². The fourth-order valence-electron chi connectivity index (χ4n) is 3.49. The first-order valence-corrected chi connectivity index (χ1v) is 10.8. The van der Waals surface area contributed by atoms with Gasteiger partial charge < -0.3 is 20.5 Å². The maximum atomic E-state index is 10.7. The van der Waals surface area contributed by atoms with Crippen LogP contribution in [0.2, 0.25) is 0 Å². The van der Waals surface area contributed by atoms with E-state index in [1.807, 2.05) is 11.8 Å². The molecular formula is C20H31N3O2S. The highest BCUT2D eigenvalue weighted by atomic mass is 32.2. The van der Waals surface area contributed by atoms with Crippen LogP contribution in [0.5, 0.6) is 5.75 Å². The lowest BCUT2D eigenvalue weighted by molar-refractivity contribution is -0.0154. The van der Waals surface area contributed by atoms with Crippen molar-refractivity contribution in [1.29, 1.82) is 0 Å². The molecule has 0 amide bonds. The van der Waals surface area contributed by atoms with Crippen molar-refractivity contribution in [3.05, 3.63) is 29.3 Å². The van der Waals surface area contributed by atoms with Gasteiger partial charge in [-0.25, -0.2) is 0 Å². The first kappa shape index (κ1) is 19.4. The summed E-state index contributed by atoms with van der Waals surface area (Å²) in [6, 6.07) is 6.46. The number of hydrogen-bond acceptors (Lipinski definition) is 4. The van der Waals surface area contributed by atoms with E-state index in [1.165, 1.54) is 11.1 Å². The average Bonchev–Trinajstić information content (AvgIpc) is 3.11. The number of hydrogen-bond donors (Lipinski definition) is 3. The molecule has 0 bridgehead atoms. The summed E-state index contributed by atoms with van der Waals surface area (Å²) < 4.78 is 5.56. The summed E-state index contributed by atoms with van der Waals surface area (Å²) >= 11 is 1.84. The smallest absolute Gasteiger partial charge is 0.191 e. The van der Waals surface area contributed by atoms with E-state index in [0.29, 0.717) is 11.8 Å². The molecule has 1 heterocycles. The Kier molecular flexibility index (Phi) is 6.70. The fraction of sp³-hybridized carbons (Fsp3) is 0.650. The molecule has 1 aromatic rings. The molecule has 1 aliphatic carbocycles. The zero-order chi connectivity index (χ0) is 18.4. The zero-order valence-corrected chi connectivity index (χ0v) is 16.7. The molecule has 5 nitrogen and oxygen atoms in total. The maximum absolute atomic E-state index is 10.7. The number of aliphatic hydroxyl groups is 1. The molecule has 144 valence electrons. The minimum absolute atomic E-state index is 0.327. The Hall–Kier alpha value is -1.40. The highest BCUT2D eigenvalue weighted by Gasteiger charge is 2.45. The van der Waals surface area contributed by atoms with Crippen molar-refractivity contribution in [3.8, 4) is 5.75 Å². The fourth-order valence-corrected chi connectivity index (χ4v) is 4.68. The topological polar surface area (TPSA) is 65.9 Å². The van der Waals surface area contributed by atoms with Crippen LogP contribution >= 0.6 is 11.8 Å². The Bertz CT molecular complexity index is 637. The van der Waals surface area contributed by atoms with Crippen molar-refractivity contribution in [2.45, 2.75) is 50.4 Å². The molecule has 2 atom stereocenters. The van der Waals surface area contributed by atoms with Crippen molar-refractivity contribution in [2.75, 3.05) is 32.0 Å². The van der Waals surface area contributed by atoms with Crippen LogP contribution in [0.3, 0.4) is 0 Å². The Labute approximate surface area is 161 Å². The van der Waals surface area contributed by atoms with Crippen LogP contribution in [-0.2, 0) is 12.8 Å². The molecule has 26 heavy (non-hydrogen) atoms. The molecule has 1 saturated carbocycles. The molecule has 2 aliphatic rings. The van der Waals surface area contributed by atoms with Gasteiger partial charge in [-0.05, 0) is 49.1 Å². The quantitative estimate of drug-likeness (QED) is 0.479. The Morgan fingerprint density at radius 1 is 1.38 bits per heavy atom. The molecule has 0 saturated heterocycles. The Balaban J connectivity index is 1.50. The molecule has 2 unspecified atom stereocenters. The number of aliphatic imine (C=N–C) groups is 1. The number of thioether (sulfide) groups is 1. The number of nitrogens with zero attached hydrogens (tertiary/aromatic N) is 1. The summed E-state index contributed by atoms with van der Waals surface area (Å²) in [4.78, 5) is 4.64. The number of fused-ring (bicyclic) bond motifs is 1. The number of guanidine groups is 1. The van der Waals surface area contributed by atoms with Gasteiger partial charge in [0.1, 0.15) is 5.75 Å². The Morgan fingerprint density at radius 2 is 2.27 bits per heavy atom. The lowest BCUT2D eigenvalue weighted by Gasteiger charge is -2.44. The van der Waals surface area contributed by atoms with Crippen molar-refractivity contribution >= 4 is 17.7 Å². The molecule has 0 spiro atoms. The summed E-state index contributed by atoms with van der Waals surface area (Å²) in [7, 11) is 0. The van der Waals surface area contributed by atoms with E-state index in [0.717, 1.165) is 62.8 Å².